The lowest BCUT2D eigenvalue weighted by atomic mass is 10.0. The van der Waals surface area contributed by atoms with Crippen LogP contribution in [0.1, 0.15) is 36.0 Å². The molecule has 152 valence electrons. The Kier molecular flexibility index (Phi) is 7.08. The van der Waals surface area contributed by atoms with Gasteiger partial charge in [-0.1, -0.05) is 36.1 Å². The molecule has 0 saturated heterocycles. The molecule has 0 unspecified atom stereocenters. The van der Waals surface area contributed by atoms with Gasteiger partial charge in [0.15, 0.2) is 11.6 Å². The summed E-state index contributed by atoms with van der Waals surface area (Å²) in [7, 11) is 0. The lowest BCUT2D eigenvalue weighted by Gasteiger charge is -2.07. The molecule has 0 radical (unpaired) electrons. The van der Waals surface area contributed by atoms with Crippen molar-refractivity contribution < 1.29 is 17.6 Å². The summed E-state index contributed by atoms with van der Waals surface area (Å²) in [6.07, 6.45) is 6.08. The highest BCUT2D eigenvalue weighted by molar-refractivity contribution is 5.66. The van der Waals surface area contributed by atoms with E-state index in [1.165, 1.54) is 5.56 Å². The Morgan fingerprint density at radius 1 is 0.700 bits per heavy atom. The van der Waals surface area contributed by atoms with Gasteiger partial charge in [-0.05, 0) is 73.2 Å². The van der Waals surface area contributed by atoms with E-state index in [4.69, 9.17) is 0 Å². The molecule has 0 heterocycles. The fourth-order valence-corrected chi connectivity index (χ4v) is 3.09. The van der Waals surface area contributed by atoms with Crippen molar-refractivity contribution >= 4 is 0 Å². The number of halogens is 4. The van der Waals surface area contributed by atoms with Gasteiger partial charge >= 0.3 is 0 Å². The molecule has 4 heteroatoms. The Morgan fingerprint density at radius 2 is 1.37 bits per heavy atom. The maximum atomic E-state index is 14.5. The van der Waals surface area contributed by atoms with Gasteiger partial charge in [-0.3, -0.25) is 0 Å². The van der Waals surface area contributed by atoms with E-state index in [1.807, 2.05) is 30.3 Å². The van der Waals surface area contributed by atoms with Crippen molar-refractivity contribution in [1.82, 2.24) is 0 Å². The molecule has 0 spiro atoms. The SMILES string of the molecule is C=CCCCCc1ccc(C#Cc2cc(F)c(-c3ccc(F)c(F)c3)c(F)c2)cc1. The smallest absolute Gasteiger partial charge is 0.159 e. The second kappa shape index (κ2) is 9.93. The van der Waals surface area contributed by atoms with Gasteiger partial charge in [0.1, 0.15) is 11.6 Å². The zero-order chi connectivity index (χ0) is 21.5. The summed E-state index contributed by atoms with van der Waals surface area (Å²) < 4.78 is 55.4. The van der Waals surface area contributed by atoms with E-state index in [0.29, 0.717) is 0 Å². The first-order valence-corrected chi connectivity index (χ1v) is 9.64. The van der Waals surface area contributed by atoms with Crippen LogP contribution in [0, 0.1) is 35.1 Å². The quantitative estimate of drug-likeness (QED) is 0.175. The molecule has 0 amide bonds. The van der Waals surface area contributed by atoms with Crippen LogP contribution in [0.15, 0.2) is 67.3 Å². The molecule has 3 aromatic carbocycles. The van der Waals surface area contributed by atoms with Gasteiger partial charge in [0.05, 0.1) is 5.56 Å². The van der Waals surface area contributed by atoms with E-state index in [1.54, 1.807) is 0 Å². The molecule has 0 N–H and O–H groups in total. The predicted octanol–water partition coefficient (Wildman–Crippen LogP) is 7.21. The largest absolute Gasteiger partial charge is 0.206 e. The van der Waals surface area contributed by atoms with E-state index in [2.05, 4.69) is 18.4 Å². The number of allylic oxidation sites excluding steroid dienone is 1. The van der Waals surface area contributed by atoms with Crippen LogP contribution < -0.4 is 0 Å². The first kappa shape index (κ1) is 21.4. The van der Waals surface area contributed by atoms with Crippen LogP contribution in [0.4, 0.5) is 17.6 Å². The van der Waals surface area contributed by atoms with Crippen LogP contribution in [0.2, 0.25) is 0 Å². The van der Waals surface area contributed by atoms with Crippen molar-refractivity contribution in [3.05, 3.63) is 107 Å². The normalized spacial score (nSPS) is 10.4. The Labute approximate surface area is 173 Å². The van der Waals surface area contributed by atoms with Gasteiger partial charge in [0, 0.05) is 11.1 Å². The molecule has 0 nitrogen and oxygen atoms in total. The van der Waals surface area contributed by atoms with Crippen LogP contribution in [0.3, 0.4) is 0 Å². The zero-order valence-electron chi connectivity index (χ0n) is 16.3. The highest BCUT2D eigenvalue weighted by atomic mass is 19.2. The predicted molar refractivity (Wildman–Crippen MR) is 112 cm³/mol. The summed E-state index contributed by atoms with van der Waals surface area (Å²) in [6, 6.07) is 12.6. The third kappa shape index (κ3) is 5.39. The first-order chi connectivity index (χ1) is 14.5. The number of aryl methyl sites for hydroxylation is 1. The maximum Gasteiger partial charge on any atom is 0.159 e. The number of rotatable bonds is 6. The van der Waals surface area contributed by atoms with Gasteiger partial charge in [-0.15, -0.1) is 6.58 Å². The lowest BCUT2D eigenvalue weighted by molar-refractivity contribution is 0.508. The fraction of sp³-hybridized carbons (Fsp3) is 0.154. The Morgan fingerprint density at radius 3 is 2.00 bits per heavy atom. The molecule has 0 bridgehead atoms. The van der Waals surface area contributed by atoms with Gasteiger partial charge in [-0.25, -0.2) is 17.6 Å². The second-order valence-corrected chi connectivity index (χ2v) is 6.93. The minimum atomic E-state index is -1.17. The summed E-state index contributed by atoms with van der Waals surface area (Å²) in [5.74, 6) is 1.61. The lowest BCUT2D eigenvalue weighted by Crippen LogP contribution is -1.94. The topological polar surface area (TPSA) is 0 Å². The average Bonchev–Trinajstić information content (AvgIpc) is 2.72. The van der Waals surface area contributed by atoms with Gasteiger partial charge in [0.25, 0.3) is 0 Å². The van der Waals surface area contributed by atoms with Crippen molar-refractivity contribution in [3.63, 3.8) is 0 Å². The first-order valence-electron chi connectivity index (χ1n) is 9.64. The third-order valence-electron chi connectivity index (χ3n) is 4.68. The number of unbranched alkanes of at least 4 members (excludes halogenated alkanes) is 2. The van der Waals surface area contributed by atoms with Gasteiger partial charge in [0.2, 0.25) is 0 Å². The summed E-state index contributed by atoms with van der Waals surface area (Å²) in [5.41, 5.74) is 1.60. The Balaban J connectivity index is 1.76. The van der Waals surface area contributed by atoms with Crippen LogP contribution in [-0.2, 0) is 6.42 Å². The van der Waals surface area contributed by atoms with Crippen molar-refractivity contribution in [2.24, 2.45) is 0 Å². The molecule has 0 aliphatic heterocycles. The molecule has 3 rings (SSSR count). The van der Waals surface area contributed by atoms with E-state index in [-0.39, 0.29) is 11.1 Å². The zero-order valence-corrected chi connectivity index (χ0v) is 16.3. The molecule has 0 aliphatic carbocycles. The van der Waals surface area contributed by atoms with Crippen LogP contribution in [-0.4, -0.2) is 0 Å². The van der Waals surface area contributed by atoms with Crippen LogP contribution in [0.5, 0.6) is 0 Å². The molecule has 0 atom stereocenters. The van der Waals surface area contributed by atoms with Crippen LogP contribution >= 0.6 is 0 Å². The monoisotopic (exact) mass is 408 g/mol. The Hall–Kier alpha value is -3.32. The van der Waals surface area contributed by atoms with E-state index in [0.717, 1.165) is 61.6 Å². The van der Waals surface area contributed by atoms with Gasteiger partial charge in [-0.2, -0.15) is 0 Å². The third-order valence-corrected chi connectivity index (χ3v) is 4.68. The highest BCUT2D eigenvalue weighted by Gasteiger charge is 2.15. The molecule has 30 heavy (non-hydrogen) atoms. The van der Waals surface area contributed by atoms with Gasteiger partial charge < -0.3 is 0 Å². The number of hydrogen-bond acceptors (Lipinski definition) is 0. The molecule has 3 aromatic rings. The van der Waals surface area contributed by atoms with E-state index in [9.17, 15) is 17.6 Å². The number of hydrogen-bond donors (Lipinski definition) is 0. The van der Waals surface area contributed by atoms with Crippen LogP contribution in [0.25, 0.3) is 11.1 Å². The molecule has 0 aliphatic rings. The maximum absolute atomic E-state index is 14.5. The van der Waals surface area contributed by atoms with Crippen molar-refractivity contribution in [2.75, 3.05) is 0 Å². The minimum absolute atomic E-state index is 0.0768. The fourth-order valence-electron chi connectivity index (χ4n) is 3.09. The Bertz CT molecular complexity index is 1080. The molecular weight excluding hydrogens is 388 g/mol. The van der Waals surface area contributed by atoms with Crippen molar-refractivity contribution in [3.8, 4) is 23.0 Å². The average molecular weight is 408 g/mol. The summed E-state index contributed by atoms with van der Waals surface area (Å²) in [6.45, 7) is 3.71. The second-order valence-electron chi connectivity index (χ2n) is 6.93. The molecule has 0 saturated carbocycles. The standard InChI is InChI=1S/C26H20F4/c1-2-3-4-5-6-18-7-9-19(10-8-18)11-12-20-15-24(29)26(25(30)16-20)21-13-14-22(27)23(28)17-21/h2,7-10,13-17H,1,3-6H2. The van der Waals surface area contributed by atoms with Crippen molar-refractivity contribution in [2.45, 2.75) is 25.7 Å². The molecular formula is C26H20F4. The molecule has 0 aromatic heterocycles. The summed E-state index contributed by atoms with van der Waals surface area (Å²) in [4.78, 5) is 0. The minimum Gasteiger partial charge on any atom is -0.206 e. The number of benzene rings is 3. The summed E-state index contributed by atoms with van der Waals surface area (Å²) >= 11 is 0. The molecule has 0 fully saturated rings. The summed E-state index contributed by atoms with van der Waals surface area (Å²) in [5, 5.41) is 0. The highest BCUT2D eigenvalue weighted by Crippen LogP contribution is 2.28. The van der Waals surface area contributed by atoms with E-state index >= 15 is 0 Å². The van der Waals surface area contributed by atoms with Crippen molar-refractivity contribution in [1.29, 1.82) is 0 Å². The van der Waals surface area contributed by atoms with E-state index < -0.39 is 28.8 Å².